The van der Waals surface area contributed by atoms with Crippen LogP contribution >= 0.6 is 55.1 Å². The molecule has 6 aromatic rings. The van der Waals surface area contributed by atoms with Gasteiger partial charge in [-0.3, -0.25) is 4.79 Å². The Hall–Kier alpha value is -3.63. The number of halogens is 4. The van der Waals surface area contributed by atoms with Crippen LogP contribution in [-0.2, 0) is 6.61 Å². The molecule has 2 heterocycles. The van der Waals surface area contributed by atoms with Crippen LogP contribution in [0.25, 0.3) is 33.5 Å². The van der Waals surface area contributed by atoms with Gasteiger partial charge in [0.1, 0.15) is 12.2 Å². The van der Waals surface area contributed by atoms with Crippen LogP contribution in [0.2, 0.25) is 10.0 Å². The number of nitrogens with zero attached hydrogens (tertiary/aromatic N) is 3. The van der Waals surface area contributed by atoms with E-state index < -0.39 is 0 Å². The Morgan fingerprint density at radius 2 is 1.86 bits per heavy atom. The van der Waals surface area contributed by atoms with Crippen LogP contribution in [0.15, 0.2) is 102 Å². The second kappa shape index (κ2) is 11.9. The molecule has 4 aromatic carbocycles. The van der Waals surface area contributed by atoms with Crippen LogP contribution in [0, 0.1) is 0 Å². The molecule has 0 fully saturated rings. The molecule has 210 valence electrons. The maximum Gasteiger partial charge on any atom is 0.282 e. The molecule has 6 rings (SSSR count). The molecule has 0 atom stereocenters. The highest BCUT2D eigenvalue weighted by molar-refractivity contribution is 9.10. The van der Waals surface area contributed by atoms with E-state index >= 15 is 0 Å². The minimum absolute atomic E-state index is 0.202. The fraction of sp³-hybridized carbons (Fsp3) is 0.0645. The number of fused-ring (bicyclic) bond motifs is 2. The van der Waals surface area contributed by atoms with Crippen molar-refractivity contribution >= 4 is 83.1 Å². The van der Waals surface area contributed by atoms with Crippen LogP contribution in [0.1, 0.15) is 11.1 Å². The Kier molecular flexibility index (Phi) is 8.09. The van der Waals surface area contributed by atoms with Crippen molar-refractivity contribution < 1.29 is 13.9 Å². The standard InChI is InChI=1S/C31H19Br2Cl2N3O4/c1-40-27-11-17(10-23(33)29(27)41-16-18-6-8-21(34)14-24(18)35)15-36-38-30(37-25-5-3-2-4-22(25)31(38)39)28-13-19-12-20(32)7-9-26(19)42-28/h2-15H,16H2,1H3. The van der Waals surface area contributed by atoms with Crippen molar-refractivity contribution in [1.29, 1.82) is 0 Å². The molecule has 0 spiro atoms. The van der Waals surface area contributed by atoms with Gasteiger partial charge in [0.25, 0.3) is 5.56 Å². The van der Waals surface area contributed by atoms with Crippen LogP contribution in [0.3, 0.4) is 0 Å². The van der Waals surface area contributed by atoms with Crippen molar-refractivity contribution in [1.82, 2.24) is 9.66 Å². The SMILES string of the molecule is COc1cc(C=Nn2c(-c3cc4cc(Br)ccc4o3)nc3ccccc3c2=O)cc(Br)c1OCc1ccc(Cl)cc1Cl. The molecular weight excluding hydrogens is 709 g/mol. The van der Waals surface area contributed by atoms with Gasteiger partial charge in [0, 0.05) is 25.5 Å². The zero-order chi connectivity index (χ0) is 29.4. The van der Waals surface area contributed by atoms with Gasteiger partial charge in [-0.1, -0.05) is 57.3 Å². The highest BCUT2D eigenvalue weighted by atomic mass is 79.9. The predicted molar refractivity (Wildman–Crippen MR) is 173 cm³/mol. The molecular formula is C31H19Br2Cl2N3O4. The molecule has 0 unspecified atom stereocenters. The van der Waals surface area contributed by atoms with Gasteiger partial charge in [0.05, 0.1) is 28.7 Å². The normalized spacial score (nSPS) is 11.5. The Morgan fingerprint density at radius 1 is 1.02 bits per heavy atom. The first-order chi connectivity index (χ1) is 20.3. The molecule has 0 radical (unpaired) electrons. The van der Waals surface area contributed by atoms with E-state index in [0.717, 1.165) is 15.4 Å². The third kappa shape index (κ3) is 5.70. The summed E-state index contributed by atoms with van der Waals surface area (Å²) in [4.78, 5) is 18.4. The second-order valence-corrected chi connectivity index (χ2v) is 11.8. The average Bonchev–Trinajstić information content (AvgIpc) is 3.39. The summed E-state index contributed by atoms with van der Waals surface area (Å²) in [6.07, 6.45) is 1.55. The molecule has 42 heavy (non-hydrogen) atoms. The van der Waals surface area contributed by atoms with Gasteiger partial charge in [0.15, 0.2) is 17.3 Å². The quantitative estimate of drug-likeness (QED) is 0.153. The largest absolute Gasteiger partial charge is 0.493 e. The zero-order valence-corrected chi connectivity index (χ0v) is 26.5. The fourth-order valence-electron chi connectivity index (χ4n) is 4.38. The van der Waals surface area contributed by atoms with Gasteiger partial charge in [-0.15, -0.1) is 0 Å². The lowest BCUT2D eigenvalue weighted by Gasteiger charge is -2.14. The molecule has 0 aliphatic carbocycles. The number of methoxy groups -OCH3 is 1. The van der Waals surface area contributed by atoms with E-state index in [2.05, 4.69) is 37.0 Å². The number of ether oxygens (including phenoxy) is 2. The smallest absolute Gasteiger partial charge is 0.282 e. The molecule has 0 aliphatic rings. The lowest BCUT2D eigenvalue weighted by molar-refractivity contribution is 0.282. The summed E-state index contributed by atoms with van der Waals surface area (Å²) in [5.41, 5.74) is 2.29. The van der Waals surface area contributed by atoms with E-state index in [1.165, 1.54) is 4.68 Å². The third-order valence-corrected chi connectivity index (χ3v) is 8.08. The summed E-state index contributed by atoms with van der Waals surface area (Å²) in [7, 11) is 1.54. The van der Waals surface area contributed by atoms with E-state index in [1.54, 1.807) is 55.8 Å². The topological polar surface area (TPSA) is 78.9 Å². The maximum absolute atomic E-state index is 13.6. The van der Waals surface area contributed by atoms with Gasteiger partial charge < -0.3 is 13.9 Å². The molecule has 7 nitrogen and oxygen atoms in total. The Balaban J connectivity index is 1.39. The maximum atomic E-state index is 13.6. The highest BCUT2D eigenvalue weighted by Gasteiger charge is 2.17. The lowest BCUT2D eigenvalue weighted by Crippen LogP contribution is -2.20. The molecule has 0 saturated heterocycles. The average molecular weight is 728 g/mol. The number of aromatic nitrogens is 2. The second-order valence-electron chi connectivity index (χ2n) is 9.17. The number of para-hydroxylation sites is 1. The van der Waals surface area contributed by atoms with E-state index in [9.17, 15) is 4.79 Å². The minimum atomic E-state index is -0.334. The van der Waals surface area contributed by atoms with E-state index in [4.69, 9.17) is 42.1 Å². The number of hydrogen-bond donors (Lipinski definition) is 0. The van der Waals surface area contributed by atoms with Gasteiger partial charge in [-0.25, -0.2) is 4.98 Å². The number of benzene rings is 4. The highest BCUT2D eigenvalue weighted by Crippen LogP contribution is 2.37. The summed E-state index contributed by atoms with van der Waals surface area (Å²) < 4.78 is 20.5. The summed E-state index contributed by atoms with van der Waals surface area (Å²) in [5.74, 6) is 1.63. The van der Waals surface area contributed by atoms with Gasteiger partial charge in [-0.05, 0) is 82.2 Å². The van der Waals surface area contributed by atoms with Crippen LogP contribution < -0.4 is 15.0 Å². The van der Waals surface area contributed by atoms with Crippen molar-refractivity contribution in [3.05, 3.63) is 119 Å². The first-order valence-electron chi connectivity index (χ1n) is 12.5. The molecule has 0 N–H and O–H groups in total. The van der Waals surface area contributed by atoms with Crippen molar-refractivity contribution in [2.24, 2.45) is 5.10 Å². The summed E-state index contributed by atoms with van der Waals surface area (Å²) in [6.45, 7) is 0.202. The third-order valence-electron chi connectivity index (χ3n) is 6.41. The molecule has 11 heteroatoms. The minimum Gasteiger partial charge on any atom is -0.493 e. The zero-order valence-electron chi connectivity index (χ0n) is 21.8. The van der Waals surface area contributed by atoms with Gasteiger partial charge >= 0.3 is 0 Å². The van der Waals surface area contributed by atoms with E-state index in [1.807, 2.05) is 36.4 Å². The van der Waals surface area contributed by atoms with Crippen molar-refractivity contribution in [3.8, 4) is 23.1 Å². The fourth-order valence-corrected chi connectivity index (χ4v) is 5.80. The first-order valence-corrected chi connectivity index (χ1v) is 14.8. The molecule has 0 saturated carbocycles. The van der Waals surface area contributed by atoms with Gasteiger partial charge in [0.2, 0.25) is 5.82 Å². The number of hydrogen-bond acceptors (Lipinski definition) is 6. The Bertz CT molecular complexity index is 2070. The van der Waals surface area contributed by atoms with E-state index in [0.29, 0.717) is 53.8 Å². The van der Waals surface area contributed by atoms with Crippen molar-refractivity contribution in [2.45, 2.75) is 6.61 Å². The van der Waals surface area contributed by atoms with Gasteiger partial charge in [-0.2, -0.15) is 9.78 Å². The van der Waals surface area contributed by atoms with Crippen LogP contribution in [-0.4, -0.2) is 23.0 Å². The van der Waals surface area contributed by atoms with Crippen LogP contribution in [0.5, 0.6) is 11.5 Å². The lowest BCUT2D eigenvalue weighted by atomic mass is 10.2. The summed E-state index contributed by atoms with van der Waals surface area (Å²) >= 11 is 19.4. The summed E-state index contributed by atoms with van der Waals surface area (Å²) in [6, 6.07) is 23.4. The van der Waals surface area contributed by atoms with Crippen molar-refractivity contribution in [2.75, 3.05) is 7.11 Å². The first kappa shape index (κ1) is 28.5. The number of rotatable bonds is 7. The van der Waals surface area contributed by atoms with Crippen LogP contribution in [0.4, 0.5) is 0 Å². The molecule has 0 bridgehead atoms. The monoisotopic (exact) mass is 725 g/mol. The van der Waals surface area contributed by atoms with Crippen molar-refractivity contribution in [3.63, 3.8) is 0 Å². The molecule has 2 aromatic heterocycles. The Labute approximate surface area is 266 Å². The van der Waals surface area contributed by atoms with E-state index in [-0.39, 0.29) is 18.0 Å². The number of furan rings is 1. The summed E-state index contributed by atoms with van der Waals surface area (Å²) in [5, 5.41) is 6.89. The Morgan fingerprint density at radius 3 is 2.67 bits per heavy atom. The molecule has 0 amide bonds. The predicted octanol–water partition coefficient (Wildman–Crippen LogP) is 9.11. The molecule has 0 aliphatic heterocycles.